The molecule has 1 aliphatic rings. The highest BCUT2D eigenvalue weighted by atomic mass is 15.1. The highest BCUT2D eigenvalue weighted by Crippen LogP contribution is 2.60. The van der Waals surface area contributed by atoms with Crippen LogP contribution in [0.2, 0.25) is 0 Å². The van der Waals surface area contributed by atoms with Gasteiger partial charge in [-0.2, -0.15) is 0 Å². The summed E-state index contributed by atoms with van der Waals surface area (Å²) >= 11 is 0. The molecule has 0 bridgehead atoms. The molecule has 0 unspecified atom stereocenters. The fourth-order valence-electron chi connectivity index (χ4n) is 11.1. The first-order valence-electron chi connectivity index (χ1n) is 22.3. The van der Waals surface area contributed by atoms with Crippen molar-refractivity contribution in [3.8, 4) is 33.4 Å². The van der Waals surface area contributed by atoms with Gasteiger partial charge < -0.3 is 4.90 Å². The van der Waals surface area contributed by atoms with Crippen LogP contribution in [-0.2, 0) is 5.41 Å². The van der Waals surface area contributed by atoms with E-state index in [2.05, 4.69) is 255 Å². The van der Waals surface area contributed by atoms with Crippen molar-refractivity contribution in [1.29, 1.82) is 0 Å². The zero-order valence-corrected chi connectivity index (χ0v) is 36.0. The second kappa shape index (κ2) is 15.1. The first-order chi connectivity index (χ1) is 31.6. The first-order valence-corrected chi connectivity index (χ1v) is 22.3. The summed E-state index contributed by atoms with van der Waals surface area (Å²) in [4.78, 5) is 2.42. The predicted octanol–water partition coefficient (Wildman–Crippen LogP) is 16.9. The van der Waals surface area contributed by atoms with Crippen LogP contribution < -0.4 is 4.90 Å². The number of benzene rings is 11. The minimum absolute atomic E-state index is 0.543. The SMILES string of the molecule is Cc1cccc(N(c2cccc(C)c2)c2ccc(-c3c4ccccc4c(-c4cccc5c4C(c4ccccc4)(c4ccccc4)c4ccccc4-5)c4ccccc34)c3ccccc23)c1. The molecule has 0 atom stereocenters. The van der Waals surface area contributed by atoms with Crippen molar-refractivity contribution in [2.75, 3.05) is 4.90 Å². The number of aryl methyl sites for hydroxylation is 2. The number of rotatable bonds is 7. The lowest BCUT2D eigenvalue weighted by Gasteiger charge is -2.35. The van der Waals surface area contributed by atoms with Gasteiger partial charge in [0.05, 0.1) is 11.1 Å². The molecular weight excluding hydrogens is 771 g/mol. The Labute approximate surface area is 375 Å². The van der Waals surface area contributed by atoms with E-state index < -0.39 is 5.41 Å². The highest BCUT2D eigenvalue weighted by molar-refractivity contribution is 6.25. The Balaban J connectivity index is 1.16. The van der Waals surface area contributed by atoms with Crippen LogP contribution in [0, 0.1) is 13.8 Å². The van der Waals surface area contributed by atoms with Crippen LogP contribution in [0.25, 0.3) is 65.7 Å². The minimum atomic E-state index is -0.543. The molecule has 0 saturated carbocycles. The van der Waals surface area contributed by atoms with Gasteiger partial charge in [0.25, 0.3) is 0 Å². The first kappa shape index (κ1) is 37.7. The van der Waals surface area contributed by atoms with Crippen LogP contribution in [-0.4, -0.2) is 0 Å². The number of nitrogens with zero attached hydrogens (tertiary/aromatic N) is 1. The van der Waals surface area contributed by atoms with E-state index >= 15 is 0 Å². The number of fused-ring (bicyclic) bond motifs is 6. The van der Waals surface area contributed by atoms with E-state index in [4.69, 9.17) is 0 Å². The molecule has 0 spiro atoms. The molecule has 0 N–H and O–H groups in total. The van der Waals surface area contributed by atoms with E-state index in [-0.39, 0.29) is 0 Å². The standard InChI is InChI=1S/C63H45N/c1-42-20-17-26-46(40-42)64(47-27-18-21-43(2)41-47)59-39-38-55(48-28-9-10-30-50(48)59)60-51-31-11-13-33-53(51)61(54-34-14-12-32-52(54)60)57-36-19-35-56-49-29-15-16-37-58(49)63(62(56)57,44-22-5-3-6-23-44)45-24-7-4-8-25-45/h3-41H,1-2H3. The molecule has 0 radical (unpaired) electrons. The average molecular weight is 816 g/mol. The van der Waals surface area contributed by atoms with Gasteiger partial charge in [-0.25, -0.2) is 0 Å². The lowest BCUT2D eigenvalue weighted by molar-refractivity contribution is 0.770. The van der Waals surface area contributed by atoms with Crippen LogP contribution in [0.3, 0.4) is 0 Å². The lowest BCUT2D eigenvalue weighted by Crippen LogP contribution is -2.29. The van der Waals surface area contributed by atoms with Gasteiger partial charge in [-0.3, -0.25) is 0 Å². The molecule has 11 aromatic rings. The van der Waals surface area contributed by atoms with Crippen molar-refractivity contribution in [2.45, 2.75) is 19.3 Å². The smallest absolute Gasteiger partial charge is 0.0719 e. The van der Waals surface area contributed by atoms with Gasteiger partial charge in [-0.05, 0) is 138 Å². The Bertz CT molecular complexity index is 3440. The largest absolute Gasteiger partial charge is 0.310 e. The monoisotopic (exact) mass is 815 g/mol. The molecule has 302 valence electrons. The summed E-state index contributed by atoms with van der Waals surface area (Å²) < 4.78 is 0. The van der Waals surface area contributed by atoms with Crippen LogP contribution in [0.5, 0.6) is 0 Å². The summed E-state index contributed by atoms with van der Waals surface area (Å²) in [6.07, 6.45) is 0. The maximum Gasteiger partial charge on any atom is 0.0719 e. The Morgan fingerprint density at radius 3 is 1.31 bits per heavy atom. The molecule has 0 fully saturated rings. The minimum Gasteiger partial charge on any atom is -0.310 e. The summed E-state index contributed by atoms with van der Waals surface area (Å²) in [5, 5.41) is 7.38. The Kier molecular flexibility index (Phi) is 8.91. The molecule has 0 aromatic heterocycles. The molecule has 1 heteroatoms. The van der Waals surface area contributed by atoms with Crippen molar-refractivity contribution in [1.82, 2.24) is 0 Å². The van der Waals surface area contributed by atoms with Gasteiger partial charge in [0.2, 0.25) is 0 Å². The van der Waals surface area contributed by atoms with Crippen molar-refractivity contribution in [3.63, 3.8) is 0 Å². The predicted molar refractivity (Wildman–Crippen MR) is 271 cm³/mol. The summed E-state index contributed by atoms with van der Waals surface area (Å²) in [5.74, 6) is 0. The van der Waals surface area contributed by atoms with E-state index in [9.17, 15) is 0 Å². The summed E-state index contributed by atoms with van der Waals surface area (Å²) in [6.45, 7) is 4.34. The van der Waals surface area contributed by atoms with Gasteiger partial charge in [0.15, 0.2) is 0 Å². The second-order valence-corrected chi connectivity index (χ2v) is 17.3. The Hall–Kier alpha value is -8.00. The van der Waals surface area contributed by atoms with Crippen LogP contribution in [0.1, 0.15) is 33.4 Å². The maximum atomic E-state index is 2.42. The normalized spacial score (nSPS) is 12.7. The quantitative estimate of drug-likeness (QED) is 0.145. The third-order valence-corrected chi connectivity index (χ3v) is 13.6. The molecule has 1 aliphatic carbocycles. The average Bonchev–Trinajstić information content (AvgIpc) is 3.66. The molecule has 0 saturated heterocycles. The van der Waals surface area contributed by atoms with Gasteiger partial charge in [0, 0.05) is 16.8 Å². The van der Waals surface area contributed by atoms with Crippen molar-refractivity contribution in [2.24, 2.45) is 0 Å². The van der Waals surface area contributed by atoms with Crippen molar-refractivity contribution in [3.05, 3.63) is 270 Å². The third kappa shape index (κ3) is 5.71. The van der Waals surface area contributed by atoms with Crippen molar-refractivity contribution < 1.29 is 0 Å². The molecule has 11 aromatic carbocycles. The van der Waals surface area contributed by atoms with E-state index in [0.717, 1.165) is 17.1 Å². The summed E-state index contributed by atoms with van der Waals surface area (Å²) in [6, 6.07) is 88.0. The Morgan fingerprint density at radius 2 is 0.750 bits per heavy atom. The third-order valence-electron chi connectivity index (χ3n) is 13.6. The molecule has 64 heavy (non-hydrogen) atoms. The summed E-state index contributed by atoms with van der Waals surface area (Å²) in [5.41, 5.74) is 18.1. The fraction of sp³-hybridized carbons (Fsp3) is 0.0476. The number of anilines is 3. The zero-order chi connectivity index (χ0) is 42.8. The van der Waals surface area contributed by atoms with Gasteiger partial charge in [-0.15, -0.1) is 0 Å². The van der Waals surface area contributed by atoms with E-state index in [1.165, 1.54) is 99.1 Å². The van der Waals surface area contributed by atoms with Crippen LogP contribution in [0.15, 0.2) is 237 Å². The highest BCUT2D eigenvalue weighted by Gasteiger charge is 2.47. The number of hydrogen-bond donors (Lipinski definition) is 0. The fourth-order valence-corrected chi connectivity index (χ4v) is 11.1. The van der Waals surface area contributed by atoms with Crippen LogP contribution in [0.4, 0.5) is 17.1 Å². The lowest BCUT2D eigenvalue weighted by atomic mass is 9.65. The molecule has 1 nitrogen and oxygen atoms in total. The molecule has 12 rings (SSSR count). The van der Waals surface area contributed by atoms with Gasteiger partial charge >= 0.3 is 0 Å². The zero-order valence-electron chi connectivity index (χ0n) is 36.0. The van der Waals surface area contributed by atoms with Gasteiger partial charge in [-0.1, -0.05) is 206 Å². The van der Waals surface area contributed by atoms with Crippen molar-refractivity contribution >= 4 is 49.4 Å². The topological polar surface area (TPSA) is 3.24 Å². The Morgan fingerprint density at radius 1 is 0.312 bits per heavy atom. The molecule has 0 amide bonds. The van der Waals surface area contributed by atoms with E-state index in [1.54, 1.807) is 0 Å². The van der Waals surface area contributed by atoms with Gasteiger partial charge in [0.1, 0.15) is 0 Å². The molecule has 0 aliphatic heterocycles. The maximum absolute atomic E-state index is 2.42. The number of hydrogen-bond acceptors (Lipinski definition) is 1. The van der Waals surface area contributed by atoms with E-state index in [1.807, 2.05) is 0 Å². The molecular formula is C63H45N. The van der Waals surface area contributed by atoms with E-state index in [0.29, 0.717) is 0 Å². The molecule has 0 heterocycles. The second-order valence-electron chi connectivity index (χ2n) is 17.3. The summed E-state index contributed by atoms with van der Waals surface area (Å²) in [7, 11) is 0. The van der Waals surface area contributed by atoms with Crippen LogP contribution >= 0.6 is 0 Å².